The van der Waals surface area contributed by atoms with Crippen LogP contribution in [0.4, 0.5) is 0 Å². The first-order valence-electron chi connectivity index (χ1n) is 3.92. The second-order valence-corrected chi connectivity index (χ2v) is 2.61. The number of ether oxygens (including phenoxy) is 2. The Hall–Kier alpha value is -0.518. The van der Waals surface area contributed by atoms with Crippen molar-refractivity contribution in [3.05, 3.63) is 29.8 Å². The Kier molecular flexibility index (Phi) is 3.77. The van der Waals surface area contributed by atoms with Gasteiger partial charge in [-0.25, -0.2) is 0 Å². The van der Waals surface area contributed by atoms with Gasteiger partial charge in [-0.1, -0.05) is 18.2 Å². The van der Waals surface area contributed by atoms with Crippen LogP contribution in [0.2, 0.25) is 0 Å². The van der Waals surface area contributed by atoms with Crippen LogP contribution in [0.1, 0.15) is 12.5 Å². The third kappa shape index (κ3) is 2.24. The molecule has 0 aliphatic carbocycles. The van der Waals surface area contributed by atoms with Gasteiger partial charge < -0.3 is 9.47 Å². The maximum Gasteiger partial charge on any atom is 0.231 e. The Morgan fingerprint density at radius 1 is 1.23 bits per heavy atom. The molecule has 66 valence electrons. The number of rotatable bonds is 1. The van der Waals surface area contributed by atoms with E-state index in [9.17, 15) is 0 Å². The third-order valence-corrected chi connectivity index (χ3v) is 1.76. The van der Waals surface area contributed by atoms with Crippen LogP contribution in [0.25, 0.3) is 6.08 Å². The normalized spacial score (nSPS) is 13.0. The summed E-state index contributed by atoms with van der Waals surface area (Å²) in [4.78, 5) is 0. The fourth-order valence-electron chi connectivity index (χ4n) is 1.21. The van der Waals surface area contributed by atoms with Crippen molar-refractivity contribution in [1.82, 2.24) is 0 Å². The van der Waals surface area contributed by atoms with Crippen LogP contribution in [0, 0.1) is 0 Å². The van der Waals surface area contributed by atoms with Crippen LogP contribution >= 0.6 is 0 Å². The van der Waals surface area contributed by atoms with E-state index in [1.165, 1.54) is 0 Å². The summed E-state index contributed by atoms with van der Waals surface area (Å²) < 4.78 is 10.4. The standard InChI is InChI=1S/C10H10O2.Pb/c1-2-3-8-4-5-9-10(6-8)12-7-11-9;/h2-6H,7H2,1H3;. The van der Waals surface area contributed by atoms with Gasteiger partial charge >= 0.3 is 0 Å². The fraction of sp³-hybridized carbons (Fsp3) is 0.200. The smallest absolute Gasteiger partial charge is 0.231 e. The summed E-state index contributed by atoms with van der Waals surface area (Å²) in [5, 5.41) is 0. The zero-order valence-electron chi connectivity index (χ0n) is 7.41. The van der Waals surface area contributed by atoms with Crippen LogP contribution < -0.4 is 9.47 Å². The molecule has 0 unspecified atom stereocenters. The molecule has 2 nitrogen and oxygen atoms in total. The summed E-state index contributed by atoms with van der Waals surface area (Å²) in [7, 11) is 0. The van der Waals surface area contributed by atoms with Crippen LogP contribution in [-0.2, 0) is 0 Å². The van der Waals surface area contributed by atoms with E-state index in [0.29, 0.717) is 6.79 Å². The first kappa shape index (κ1) is 10.6. The first-order valence-corrected chi connectivity index (χ1v) is 3.92. The molecule has 0 bridgehead atoms. The van der Waals surface area contributed by atoms with E-state index in [0.717, 1.165) is 17.1 Å². The molecule has 0 amide bonds. The van der Waals surface area contributed by atoms with Crippen molar-refractivity contribution < 1.29 is 9.47 Å². The van der Waals surface area contributed by atoms with Gasteiger partial charge in [0.15, 0.2) is 11.5 Å². The molecule has 0 N–H and O–H groups in total. The minimum atomic E-state index is 0. The Morgan fingerprint density at radius 2 is 2.00 bits per heavy atom. The molecule has 0 spiro atoms. The largest absolute Gasteiger partial charge is 0.454 e. The molecule has 0 atom stereocenters. The van der Waals surface area contributed by atoms with Crippen LogP contribution in [0.3, 0.4) is 0 Å². The van der Waals surface area contributed by atoms with Crippen LogP contribution in [0.5, 0.6) is 11.5 Å². The van der Waals surface area contributed by atoms with E-state index in [1.54, 1.807) is 0 Å². The third-order valence-electron chi connectivity index (χ3n) is 1.76. The van der Waals surface area contributed by atoms with Crippen LogP contribution in [-0.4, -0.2) is 34.1 Å². The Labute approximate surface area is 97.7 Å². The zero-order chi connectivity index (χ0) is 8.39. The second-order valence-electron chi connectivity index (χ2n) is 2.61. The van der Waals surface area contributed by atoms with Gasteiger partial charge in [-0.3, -0.25) is 0 Å². The van der Waals surface area contributed by atoms with Crippen molar-refractivity contribution in [2.45, 2.75) is 6.92 Å². The first-order chi connectivity index (χ1) is 5.90. The molecule has 0 aromatic heterocycles. The van der Waals surface area contributed by atoms with Gasteiger partial charge in [0.1, 0.15) is 0 Å². The van der Waals surface area contributed by atoms with Crippen LogP contribution in [0.15, 0.2) is 24.3 Å². The Bertz CT molecular complexity index is 321. The zero-order valence-corrected chi connectivity index (χ0v) is 11.3. The van der Waals surface area contributed by atoms with E-state index in [4.69, 9.17) is 9.47 Å². The number of hydrogen-bond donors (Lipinski definition) is 0. The molecule has 0 saturated carbocycles. The number of hydrogen-bond acceptors (Lipinski definition) is 2. The maximum atomic E-state index is 5.23. The average molecular weight is 369 g/mol. The molecule has 0 saturated heterocycles. The van der Waals surface area contributed by atoms with Crippen molar-refractivity contribution in [2.75, 3.05) is 6.79 Å². The molecule has 4 radical (unpaired) electrons. The molecule has 3 heteroatoms. The minimum Gasteiger partial charge on any atom is -0.454 e. The van der Waals surface area contributed by atoms with Crippen molar-refractivity contribution >= 4 is 33.4 Å². The van der Waals surface area contributed by atoms with Crippen molar-refractivity contribution in [1.29, 1.82) is 0 Å². The van der Waals surface area contributed by atoms with E-state index >= 15 is 0 Å². The molecule has 13 heavy (non-hydrogen) atoms. The van der Waals surface area contributed by atoms with Gasteiger partial charge in [0.25, 0.3) is 0 Å². The summed E-state index contributed by atoms with van der Waals surface area (Å²) in [6.45, 7) is 2.33. The van der Waals surface area contributed by atoms with E-state index in [1.807, 2.05) is 37.3 Å². The Morgan fingerprint density at radius 3 is 2.77 bits per heavy atom. The van der Waals surface area contributed by atoms with Gasteiger partial charge in [0.05, 0.1) is 0 Å². The molecular formula is C10H10O2Pb. The SMILES string of the molecule is CC=Cc1ccc2c(c1)OCO2.[Pb]. The Balaban J connectivity index is 0.000000845. The average Bonchev–Trinajstić information content (AvgIpc) is 2.51. The molecule has 1 aliphatic heterocycles. The number of allylic oxidation sites excluding steroid dienone is 1. The van der Waals surface area contributed by atoms with Gasteiger partial charge in [0.2, 0.25) is 6.79 Å². The van der Waals surface area contributed by atoms with E-state index in [2.05, 4.69) is 0 Å². The summed E-state index contributed by atoms with van der Waals surface area (Å²) in [6, 6.07) is 5.91. The predicted octanol–water partition coefficient (Wildman–Crippen LogP) is 2.07. The molecule has 1 aliphatic rings. The maximum absolute atomic E-state index is 5.23. The predicted molar refractivity (Wildman–Crippen MR) is 53.0 cm³/mol. The van der Waals surface area contributed by atoms with Crippen molar-refractivity contribution in [2.24, 2.45) is 0 Å². The molecule has 1 heterocycles. The van der Waals surface area contributed by atoms with Crippen molar-refractivity contribution in [3.8, 4) is 11.5 Å². The molecule has 1 aromatic carbocycles. The van der Waals surface area contributed by atoms with Crippen molar-refractivity contribution in [3.63, 3.8) is 0 Å². The summed E-state index contributed by atoms with van der Waals surface area (Å²) in [5.41, 5.74) is 1.14. The molecule has 1 aromatic rings. The van der Waals surface area contributed by atoms with Gasteiger partial charge in [0, 0.05) is 27.3 Å². The number of fused-ring (bicyclic) bond motifs is 1. The fourth-order valence-corrected chi connectivity index (χ4v) is 1.21. The second kappa shape index (κ2) is 4.64. The monoisotopic (exact) mass is 370 g/mol. The topological polar surface area (TPSA) is 18.5 Å². The quantitative estimate of drug-likeness (QED) is 0.706. The van der Waals surface area contributed by atoms with E-state index < -0.39 is 0 Å². The van der Waals surface area contributed by atoms with Gasteiger partial charge in [-0.05, 0) is 24.6 Å². The van der Waals surface area contributed by atoms with Gasteiger partial charge in [-0.15, -0.1) is 0 Å². The van der Waals surface area contributed by atoms with E-state index in [-0.39, 0.29) is 27.3 Å². The molecule has 0 fully saturated rings. The molecule has 2 rings (SSSR count). The summed E-state index contributed by atoms with van der Waals surface area (Å²) in [5.74, 6) is 1.67. The number of benzene rings is 1. The summed E-state index contributed by atoms with van der Waals surface area (Å²) in [6.07, 6.45) is 4.03. The molecular weight excluding hydrogens is 359 g/mol. The van der Waals surface area contributed by atoms with Gasteiger partial charge in [-0.2, -0.15) is 0 Å². The minimum absolute atomic E-state index is 0. The summed E-state index contributed by atoms with van der Waals surface area (Å²) >= 11 is 0.